The lowest BCUT2D eigenvalue weighted by Crippen LogP contribution is -2.57. The van der Waals surface area contributed by atoms with Crippen molar-refractivity contribution in [3.8, 4) is 5.75 Å². The van der Waals surface area contributed by atoms with Crippen molar-refractivity contribution in [3.63, 3.8) is 0 Å². The largest absolute Gasteiger partial charge is 0.536 e. The van der Waals surface area contributed by atoms with E-state index in [4.69, 9.17) is 31.3 Å². The highest BCUT2D eigenvalue weighted by Crippen LogP contribution is 2.25. The highest BCUT2D eigenvalue weighted by atomic mass is 28.4. The molecule has 132 valence electrons. The summed E-state index contributed by atoms with van der Waals surface area (Å²) in [5.74, 6) is 0.675. The third-order valence-corrected chi connectivity index (χ3v) is 9.21. The molecule has 0 aliphatic rings. The van der Waals surface area contributed by atoms with Gasteiger partial charge in [-0.25, -0.2) is 0 Å². The monoisotopic (exact) mass is 362 g/mol. The molecular formula is C14H26O7Si2. The highest BCUT2D eigenvalue weighted by Gasteiger charge is 2.47. The molecule has 0 spiro atoms. The molecular weight excluding hydrogens is 336 g/mol. The molecule has 0 saturated heterocycles. The smallest absolute Gasteiger partial charge is 0.496 e. The first-order valence-electron chi connectivity index (χ1n) is 6.99. The first kappa shape index (κ1) is 20.3. The van der Waals surface area contributed by atoms with Gasteiger partial charge in [-0.15, -0.1) is 0 Å². The number of rotatable bonds is 10. The van der Waals surface area contributed by atoms with Crippen LogP contribution >= 0.6 is 0 Å². The average molecular weight is 363 g/mol. The van der Waals surface area contributed by atoms with Gasteiger partial charge in [0.15, 0.2) is 0 Å². The summed E-state index contributed by atoms with van der Waals surface area (Å²) in [7, 11) is 5.09. The molecule has 0 saturated carbocycles. The van der Waals surface area contributed by atoms with Crippen molar-refractivity contribution in [3.05, 3.63) is 23.8 Å². The Morgan fingerprint density at radius 3 is 1.65 bits per heavy atom. The minimum absolute atomic E-state index is 0.403. The highest BCUT2D eigenvalue weighted by molar-refractivity contribution is 6.76. The summed E-state index contributed by atoms with van der Waals surface area (Å²) in [5, 5.41) is 0.798. The van der Waals surface area contributed by atoms with Gasteiger partial charge in [-0.05, 0) is 6.07 Å². The van der Waals surface area contributed by atoms with Gasteiger partial charge in [0.1, 0.15) is 5.75 Å². The second-order valence-electron chi connectivity index (χ2n) is 4.63. The van der Waals surface area contributed by atoms with E-state index in [1.54, 1.807) is 49.8 Å². The Balaban J connectivity index is 3.50. The summed E-state index contributed by atoms with van der Waals surface area (Å²) in [6.45, 7) is 0. The van der Waals surface area contributed by atoms with E-state index in [0.717, 1.165) is 10.8 Å². The Labute approximate surface area is 140 Å². The van der Waals surface area contributed by atoms with Gasteiger partial charge in [0.25, 0.3) is 0 Å². The summed E-state index contributed by atoms with van der Waals surface area (Å²) in [6, 6.07) is 6.03. The van der Waals surface area contributed by atoms with Crippen LogP contribution < -0.4 is 9.92 Å². The van der Waals surface area contributed by atoms with Crippen LogP contribution in [0.1, 0.15) is 5.56 Å². The first-order chi connectivity index (χ1) is 11.0. The topological polar surface area (TPSA) is 64.6 Å². The zero-order valence-corrected chi connectivity index (χ0v) is 16.8. The number of benzene rings is 1. The van der Waals surface area contributed by atoms with E-state index in [9.17, 15) is 0 Å². The predicted octanol–water partition coefficient (Wildman–Crippen LogP) is 0.740. The van der Waals surface area contributed by atoms with E-state index in [1.165, 1.54) is 0 Å². The maximum Gasteiger partial charge on any atom is 0.536 e. The SMILES string of the molecule is COc1cccc([Si](OC)(OC)OC)c1C[Si](OC)(OC)OC. The molecule has 0 unspecified atom stereocenters. The Bertz CT molecular complexity index is 473. The zero-order chi connectivity index (χ0) is 17.5. The standard InChI is InChI=1S/C14H26O7Si2/c1-15-13-9-8-10-14(23(19-5,20-6)21-7)12(13)11-22(16-2,17-3)18-4/h8-10H,11H2,1-7H3. The van der Waals surface area contributed by atoms with E-state index in [2.05, 4.69) is 0 Å². The Hall–Kier alpha value is -0.786. The van der Waals surface area contributed by atoms with Gasteiger partial charge in [-0.1, -0.05) is 12.1 Å². The van der Waals surface area contributed by atoms with Gasteiger partial charge in [-0.3, -0.25) is 0 Å². The van der Waals surface area contributed by atoms with Crippen molar-refractivity contribution in [1.82, 2.24) is 0 Å². The van der Waals surface area contributed by atoms with Crippen molar-refractivity contribution in [2.75, 3.05) is 49.8 Å². The summed E-state index contributed by atoms with van der Waals surface area (Å²) in [6.07, 6.45) is 0. The van der Waals surface area contributed by atoms with Crippen LogP contribution in [0.3, 0.4) is 0 Å². The van der Waals surface area contributed by atoms with Crippen LogP contribution in [0.2, 0.25) is 0 Å². The Morgan fingerprint density at radius 1 is 0.739 bits per heavy atom. The third-order valence-electron chi connectivity index (χ3n) is 3.82. The molecule has 1 aromatic carbocycles. The molecule has 0 radical (unpaired) electrons. The number of hydrogen-bond acceptors (Lipinski definition) is 7. The van der Waals surface area contributed by atoms with Crippen molar-refractivity contribution >= 4 is 22.8 Å². The lowest BCUT2D eigenvalue weighted by molar-refractivity contribution is 0.122. The van der Waals surface area contributed by atoms with Crippen molar-refractivity contribution in [2.45, 2.75) is 6.04 Å². The predicted molar refractivity (Wildman–Crippen MR) is 89.9 cm³/mol. The van der Waals surface area contributed by atoms with Gasteiger partial charge < -0.3 is 31.3 Å². The van der Waals surface area contributed by atoms with Crippen LogP contribution in [0.4, 0.5) is 0 Å². The molecule has 0 heterocycles. The van der Waals surface area contributed by atoms with Gasteiger partial charge in [-0.2, -0.15) is 0 Å². The second-order valence-corrected chi connectivity index (χ2v) is 10.4. The molecule has 1 aromatic rings. The molecule has 0 N–H and O–H groups in total. The van der Waals surface area contributed by atoms with Gasteiger partial charge in [0.2, 0.25) is 0 Å². The molecule has 1 rings (SSSR count). The average Bonchev–Trinajstić information content (AvgIpc) is 2.62. The summed E-state index contributed by atoms with van der Waals surface area (Å²) < 4.78 is 39.0. The molecule has 0 bridgehead atoms. The molecule has 23 heavy (non-hydrogen) atoms. The van der Waals surface area contributed by atoms with Crippen LogP contribution in [0, 0.1) is 0 Å². The quantitative estimate of drug-likeness (QED) is 0.569. The Kier molecular flexibility index (Phi) is 7.84. The van der Waals surface area contributed by atoms with Crippen LogP contribution in [-0.4, -0.2) is 67.4 Å². The van der Waals surface area contributed by atoms with Crippen molar-refractivity contribution in [2.24, 2.45) is 0 Å². The van der Waals surface area contributed by atoms with Crippen LogP contribution in [0.25, 0.3) is 0 Å². The minimum Gasteiger partial charge on any atom is -0.496 e. The number of hydrogen-bond donors (Lipinski definition) is 0. The van der Waals surface area contributed by atoms with Crippen LogP contribution in [-0.2, 0) is 32.6 Å². The van der Waals surface area contributed by atoms with Gasteiger partial charge in [0.05, 0.1) is 7.11 Å². The van der Waals surface area contributed by atoms with E-state index in [-0.39, 0.29) is 0 Å². The van der Waals surface area contributed by atoms with E-state index >= 15 is 0 Å². The zero-order valence-electron chi connectivity index (χ0n) is 14.8. The molecule has 0 fully saturated rings. The van der Waals surface area contributed by atoms with Crippen LogP contribution in [0.5, 0.6) is 5.75 Å². The Morgan fingerprint density at radius 2 is 1.26 bits per heavy atom. The minimum atomic E-state index is -3.05. The van der Waals surface area contributed by atoms with E-state index < -0.39 is 17.6 Å². The molecule has 9 heteroatoms. The fraction of sp³-hybridized carbons (Fsp3) is 0.571. The summed E-state index contributed by atoms with van der Waals surface area (Å²) in [5.41, 5.74) is 0.837. The fourth-order valence-corrected chi connectivity index (χ4v) is 6.44. The maximum atomic E-state index is 5.61. The van der Waals surface area contributed by atoms with Crippen molar-refractivity contribution < 1.29 is 31.3 Å². The molecule has 0 atom stereocenters. The fourth-order valence-electron chi connectivity index (χ4n) is 2.49. The molecule has 0 aliphatic carbocycles. The first-order valence-corrected chi connectivity index (χ1v) is 10.6. The third kappa shape index (κ3) is 4.01. The molecule has 0 aromatic heterocycles. The second kappa shape index (κ2) is 8.90. The van der Waals surface area contributed by atoms with Crippen molar-refractivity contribution in [1.29, 1.82) is 0 Å². The van der Waals surface area contributed by atoms with E-state index in [0.29, 0.717) is 11.8 Å². The van der Waals surface area contributed by atoms with Gasteiger partial charge >= 0.3 is 17.6 Å². The van der Waals surface area contributed by atoms with Crippen LogP contribution in [0.15, 0.2) is 18.2 Å². The normalized spacial score (nSPS) is 12.5. The van der Waals surface area contributed by atoms with Gasteiger partial charge in [0, 0.05) is 59.5 Å². The maximum absolute atomic E-state index is 5.61. The summed E-state index contributed by atoms with van der Waals surface area (Å²) in [4.78, 5) is 0. The van der Waals surface area contributed by atoms with E-state index in [1.807, 2.05) is 18.2 Å². The number of ether oxygens (including phenoxy) is 1. The summed E-state index contributed by atoms with van der Waals surface area (Å²) >= 11 is 0. The number of methoxy groups -OCH3 is 1. The molecule has 0 amide bonds. The molecule has 0 aliphatic heterocycles. The molecule has 7 nitrogen and oxygen atoms in total. The lowest BCUT2D eigenvalue weighted by atomic mass is 10.2. The lowest BCUT2D eigenvalue weighted by Gasteiger charge is -2.30.